The Labute approximate surface area is 182 Å². The van der Waals surface area contributed by atoms with Crippen molar-refractivity contribution in [3.8, 4) is 11.5 Å². The molecule has 0 atom stereocenters. The van der Waals surface area contributed by atoms with Gasteiger partial charge in [-0.2, -0.15) is 0 Å². The van der Waals surface area contributed by atoms with E-state index in [9.17, 15) is 0 Å². The van der Waals surface area contributed by atoms with E-state index < -0.39 is 0 Å². The molecule has 0 N–H and O–H groups in total. The summed E-state index contributed by atoms with van der Waals surface area (Å²) >= 11 is 1.66. The van der Waals surface area contributed by atoms with Crippen molar-refractivity contribution in [1.82, 2.24) is 0 Å². The molecule has 0 saturated heterocycles. The standard InChI is InChI=1S/C26H25NO2S/c1-4-18-30-26(27-22-8-6-5-7-9-22)19-25(20-10-14-23(28-2)15-11-20)21-12-16-24(29-3)17-13-21/h4-17,19H,1,18H2,2-3H3. The second kappa shape index (κ2) is 11.1. The minimum Gasteiger partial charge on any atom is -0.497 e. The number of hydrogen-bond acceptors (Lipinski definition) is 4. The Morgan fingerprint density at radius 2 is 1.37 bits per heavy atom. The summed E-state index contributed by atoms with van der Waals surface area (Å²) in [5.74, 6) is 2.43. The molecular formula is C26H25NO2S. The molecular weight excluding hydrogens is 390 g/mol. The van der Waals surface area contributed by atoms with Gasteiger partial charge in [-0.05, 0) is 59.2 Å². The first-order valence-corrected chi connectivity index (χ1v) is 10.6. The summed E-state index contributed by atoms with van der Waals surface area (Å²) in [5.41, 5.74) is 4.16. The van der Waals surface area contributed by atoms with Crippen LogP contribution in [0.3, 0.4) is 0 Å². The molecule has 3 aromatic rings. The molecule has 0 spiro atoms. The largest absolute Gasteiger partial charge is 0.497 e. The van der Waals surface area contributed by atoms with E-state index in [1.807, 2.05) is 60.7 Å². The van der Waals surface area contributed by atoms with E-state index in [0.717, 1.165) is 44.7 Å². The molecule has 0 aliphatic rings. The topological polar surface area (TPSA) is 30.8 Å². The van der Waals surface area contributed by atoms with Gasteiger partial charge in [-0.1, -0.05) is 48.5 Å². The van der Waals surface area contributed by atoms with Crippen LogP contribution < -0.4 is 9.47 Å². The van der Waals surface area contributed by atoms with Crippen LogP contribution in [0.2, 0.25) is 0 Å². The van der Waals surface area contributed by atoms with Crippen molar-refractivity contribution >= 4 is 28.1 Å². The van der Waals surface area contributed by atoms with Crippen LogP contribution in [-0.4, -0.2) is 25.0 Å². The third kappa shape index (κ3) is 5.88. The number of methoxy groups -OCH3 is 2. The maximum atomic E-state index is 5.32. The quantitative estimate of drug-likeness (QED) is 0.231. The fourth-order valence-corrected chi connectivity index (χ4v) is 3.54. The number of thioether (sulfide) groups is 1. The van der Waals surface area contributed by atoms with E-state index in [1.165, 1.54) is 0 Å². The zero-order valence-corrected chi connectivity index (χ0v) is 18.1. The smallest absolute Gasteiger partial charge is 0.118 e. The van der Waals surface area contributed by atoms with Crippen LogP contribution >= 0.6 is 11.8 Å². The number of ether oxygens (including phenoxy) is 2. The zero-order valence-electron chi connectivity index (χ0n) is 17.2. The molecule has 0 bridgehead atoms. The van der Waals surface area contributed by atoms with Gasteiger partial charge < -0.3 is 9.47 Å². The lowest BCUT2D eigenvalue weighted by Crippen LogP contribution is -1.95. The lowest BCUT2D eigenvalue weighted by molar-refractivity contribution is 0.414. The molecule has 30 heavy (non-hydrogen) atoms. The number of benzene rings is 3. The van der Waals surface area contributed by atoms with Crippen LogP contribution in [0.1, 0.15) is 11.1 Å². The molecule has 3 aromatic carbocycles. The average Bonchev–Trinajstić information content (AvgIpc) is 2.81. The molecule has 0 amide bonds. The number of hydrogen-bond donors (Lipinski definition) is 0. The maximum absolute atomic E-state index is 5.32. The second-order valence-corrected chi connectivity index (χ2v) is 7.44. The summed E-state index contributed by atoms with van der Waals surface area (Å²) in [6, 6.07) is 26.1. The van der Waals surface area contributed by atoms with Crippen molar-refractivity contribution in [1.29, 1.82) is 0 Å². The summed E-state index contributed by atoms with van der Waals surface area (Å²) in [4.78, 5) is 4.86. The van der Waals surface area contributed by atoms with E-state index in [0.29, 0.717) is 0 Å². The van der Waals surface area contributed by atoms with E-state index in [4.69, 9.17) is 14.5 Å². The highest BCUT2D eigenvalue weighted by Gasteiger charge is 2.09. The van der Waals surface area contributed by atoms with Crippen LogP contribution in [0.15, 0.2) is 103 Å². The highest BCUT2D eigenvalue weighted by molar-refractivity contribution is 8.14. The molecule has 0 radical (unpaired) electrons. The van der Waals surface area contributed by atoms with Gasteiger partial charge in [0.2, 0.25) is 0 Å². The van der Waals surface area contributed by atoms with Gasteiger partial charge in [-0.15, -0.1) is 18.3 Å². The normalized spacial score (nSPS) is 10.9. The minimum absolute atomic E-state index is 0.778. The van der Waals surface area contributed by atoms with E-state index >= 15 is 0 Å². The predicted molar refractivity (Wildman–Crippen MR) is 129 cm³/mol. The van der Waals surface area contributed by atoms with Crippen LogP contribution in [0.5, 0.6) is 11.5 Å². The van der Waals surface area contributed by atoms with Gasteiger partial charge in [0.1, 0.15) is 11.5 Å². The van der Waals surface area contributed by atoms with Gasteiger partial charge in [0.15, 0.2) is 0 Å². The van der Waals surface area contributed by atoms with Crippen LogP contribution in [-0.2, 0) is 0 Å². The Kier molecular flexibility index (Phi) is 7.93. The van der Waals surface area contributed by atoms with E-state index in [-0.39, 0.29) is 0 Å². The Hall–Kier alpha value is -3.24. The molecule has 4 heteroatoms. The first-order valence-electron chi connectivity index (χ1n) is 9.61. The second-order valence-electron chi connectivity index (χ2n) is 6.40. The zero-order chi connectivity index (χ0) is 21.2. The first-order chi connectivity index (χ1) is 14.7. The van der Waals surface area contributed by atoms with Gasteiger partial charge in [-0.3, -0.25) is 0 Å². The van der Waals surface area contributed by atoms with Gasteiger partial charge in [0.25, 0.3) is 0 Å². The number of para-hydroxylation sites is 1. The Morgan fingerprint density at radius 1 is 0.833 bits per heavy atom. The van der Waals surface area contributed by atoms with Crippen molar-refractivity contribution in [3.63, 3.8) is 0 Å². The van der Waals surface area contributed by atoms with Crippen molar-refractivity contribution < 1.29 is 9.47 Å². The highest BCUT2D eigenvalue weighted by Crippen LogP contribution is 2.29. The summed E-state index contributed by atoms with van der Waals surface area (Å²) in [5, 5.41) is 0.919. The summed E-state index contributed by atoms with van der Waals surface area (Å²) in [6.45, 7) is 3.85. The SMILES string of the molecule is C=CCSC(C=C(c1ccc(OC)cc1)c1ccc(OC)cc1)=Nc1ccccc1. The van der Waals surface area contributed by atoms with Crippen molar-refractivity contribution in [3.05, 3.63) is 109 Å². The number of rotatable bonds is 8. The van der Waals surface area contributed by atoms with Gasteiger partial charge in [0, 0.05) is 5.75 Å². The monoisotopic (exact) mass is 415 g/mol. The fraction of sp³-hybridized carbons (Fsp3) is 0.115. The van der Waals surface area contributed by atoms with Gasteiger partial charge in [-0.25, -0.2) is 4.99 Å². The third-order valence-electron chi connectivity index (χ3n) is 4.41. The van der Waals surface area contributed by atoms with E-state index in [1.54, 1.807) is 26.0 Å². The highest BCUT2D eigenvalue weighted by atomic mass is 32.2. The molecule has 3 rings (SSSR count). The predicted octanol–water partition coefficient (Wildman–Crippen LogP) is 6.78. The first kappa shape index (κ1) is 21.5. The van der Waals surface area contributed by atoms with Crippen molar-refractivity contribution in [2.24, 2.45) is 4.99 Å². The summed E-state index contributed by atoms with van der Waals surface area (Å²) in [7, 11) is 3.34. The van der Waals surface area contributed by atoms with Gasteiger partial charge in [0.05, 0.1) is 25.0 Å². The summed E-state index contributed by atoms with van der Waals surface area (Å²) < 4.78 is 10.6. The van der Waals surface area contributed by atoms with E-state index in [2.05, 4.69) is 36.9 Å². The molecule has 0 fully saturated rings. The minimum atomic E-state index is 0.778. The Bertz CT molecular complexity index is 958. The molecule has 3 nitrogen and oxygen atoms in total. The maximum Gasteiger partial charge on any atom is 0.118 e. The van der Waals surface area contributed by atoms with Crippen LogP contribution in [0.25, 0.3) is 5.57 Å². The molecule has 0 aliphatic carbocycles. The molecule has 152 valence electrons. The van der Waals surface area contributed by atoms with Crippen molar-refractivity contribution in [2.75, 3.05) is 20.0 Å². The molecule has 0 aromatic heterocycles. The third-order valence-corrected chi connectivity index (χ3v) is 5.32. The van der Waals surface area contributed by atoms with Gasteiger partial charge >= 0.3 is 0 Å². The molecule has 0 heterocycles. The number of aliphatic imine (C=N–C) groups is 1. The van der Waals surface area contributed by atoms with Crippen LogP contribution in [0, 0.1) is 0 Å². The average molecular weight is 416 g/mol. The van der Waals surface area contributed by atoms with Crippen molar-refractivity contribution in [2.45, 2.75) is 0 Å². The van der Waals surface area contributed by atoms with Crippen LogP contribution in [0.4, 0.5) is 5.69 Å². The lowest BCUT2D eigenvalue weighted by Gasteiger charge is -2.12. The molecule has 0 saturated carbocycles. The number of nitrogens with zero attached hydrogens (tertiary/aromatic N) is 1. The Balaban J connectivity index is 2.09. The summed E-state index contributed by atoms with van der Waals surface area (Å²) in [6.07, 6.45) is 4.02. The molecule has 0 unspecified atom stereocenters. The Morgan fingerprint density at radius 3 is 1.83 bits per heavy atom. The molecule has 0 aliphatic heterocycles. The fourth-order valence-electron chi connectivity index (χ4n) is 2.88. The lowest BCUT2D eigenvalue weighted by atomic mass is 9.97.